The molecule has 1 aromatic heterocycles. The fourth-order valence-corrected chi connectivity index (χ4v) is 2.73. The van der Waals surface area contributed by atoms with Gasteiger partial charge < -0.3 is 10.3 Å². The molecule has 0 bridgehead atoms. The summed E-state index contributed by atoms with van der Waals surface area (Å²) in [6.07, 6.45) is 2.49. The van der Waals surface area contributed by atoms with E-state index in [2.05, 4.69) is 10.3 Å². The normalized spacial score (nSPS) is 11.9. The van der Waals surface area contributed by atoms with Crippen LogP contribution < -0.4 is 5.32 Å². The minimum atomic E-state index is -1.16. The molecule has 126 valence electrons. The standard InChI is InChI=1S/C19H15F2N3O/c20-13-6-7-15(16(21)9-13)18(10-22)24-19(25)8-5-12-11-23-17-4-2-1-3-14(12)17/h1-4,6-7,9,11,18,23H,5,8H2,(H,24,25). The fraction of sp³-hybridized carbons (Fsp3) is 0.158. The number of rotatable bonds is 5. The maximum absolute atomic E-state index is 13.8. The second kappa shape index (κ2) is 7.14. The summed E-state index contributed by atoms with van der Waals surface area (Å²) in [6, 6.07) is 11.3. The Balaban J connectivity index is 1.66. The van der Waals surface area contributed by atoms with Gasteiger partial charge >= 0.3 is 0 Å². The van der Waals surface area contributed by atoms with E-state index in [0.717, 1.165) is 22.5 Å². The van der Waals surface area contributed by atoms with Crippen LogP contribution in [0.5, 0.6) is 0 Å². The number of halogens is 2. The summed E-state index contributed by atoms with van der Waals surface area (Å²) in [4.78, 5) is 15.3. The van der Waals surface area contributed by atoms with Crippen LogP contribution in [0.25, 0.3) is 10.9 Å². The Morgan fingerprint density at radius 1 is 1.24 bits per heavy atom. The maximum atomic E-state index is 13.8. The van der Waals surface area contributed by atoms with E-state index in [-0.39, 0.29) is 17.9 Å². The molecule has 1 heterocycles. The van der Waals surface area contributed by atoms with E-state index >= 15 is 0 Å². The van der Waals surface area contributed by atoms with Crippen molar-refractivity contribution < 1.29 is 13.6 Å². The number of aryl methyl sites for hydroxylation is 1. The molecule has 0 aliphatic carbocycles. The Morgan fingerprint density at radius 2 is 2.04 bits per heavy atom. The van der Waals surface area contributed by atoms with Crippen LogP contribution >= 0.6 is 0 Å². The molecular formula is C19H15F2N3O. The number of nitriles is 1. The highest BCUT2D eigenvalue weighted by Crippen LogP contribution is 2.20. The van der Waals surface area contributed by atoms with Gasteiger partial charge in [0.1, 0.15) is 17.7 Å². The van der Waals surface area contributed by atoms with Crippen molar-refractivity contribution in [3.63, 3.8) is 0 Å². The molecule has 1 unspecified atom stereocenters. The highest BCUT2D eigenvalue weighted by Gasteiger charge is 2.18. The largest absolute Gasteiger partial charge is 0.361 e. The van der Waals surface area contributed by atoms with Gasteiger partial charge in [-0.1, -0.05) is 24.3 Å². The molecule has 0 aliphatic rings. The topological polar surface area (TPSA) is 68.7 Å². The Morgan fingerprint density at radius 3 is 2.80 bits per heavy atom. The van der Waals surface area contributed by atoms with Crippen molar-refractivity contribution >= 4 is 16.8 Å². The highest BCUT2D eigenvalue weighted by atomic mass is 19.1. The number of aromatic amines is 1. The van der Waals surface area contributed by atoms with Crippen molar-refractivity contribution in [3.8, 4) is 6.07 Å². The number of nitrogens with one attached hydrogen (secondary N) is 2. The quantitative estimate of drug-likeness (QED) is 0.743. The van der Waals surface area contributed by atoms with E-state index in [1.165, 1.54) is 6.07 Å². The van der Waals surface area contributed by atoms with Gasteiger partial charge in [0.25, 0.3) is 0 Å². The number of nitrogens with zero attached hydrogens (tertiary/aromatic N) is 1. The average molecular weight is 339 g/mol. The summed E-state index contributed by atoms with van der Waals surface area (Å²) in [5.41, 5.74) is 1.93. The lowest BCUT2D eigenvalue weighted by Gasteiger charge is -2.12. The van der Waals surface area contributed by atoms with Gasteiger partial charge in [-0.25, -0.2) is 8.78 Å². The van der Waals surface area contributed by atoms with Crippen LogP contribution in [0.4, 0.5) is 8.78 Å². The van der Waals surface area contributed by atoms with Crippen LogP contribution in [0.3, 0.4) is 0 Å². The summed E-state index contributed by atoms with van der Waals surface area (Å²) in [5, 5.41) is 12.7. The van der Waals surface area contributed by atoms with Crippen molar-refractivity contribution in [1.82, 2.24) is 10.3 Å². The summed E-state index contributed by atoms with van der Waals surface area (Å²) < 4.78 is 26.7. The predicted molar refractivity (Wildman–Crippen MR) is 89.5 cm³/mol. The van der Waals surface area contributed by atoms with Gasteiger partial charge in [0.15, 0.2) is 0 Å². The maximum Gasteiger partial charge on any atom is 0.221 e. The smallest absolute Gasteiger partial charge is 0.221 e. The monoisotopic (exact) mass is 339 g/mol. The third-order valence-electron chi connectivity index (χ3n) is 4.00. The fourth-order valence-electron chi connectivity index (χ4n) is 2.73. The third kappa shape index (κ3) is 3.66. The SMILES string of the molecule is N#CC(NC(=O)CCc1c[nH]c2ccccc12)c1ccc(F)cc1F. The van der Waals surface area contributed by atoms with Crippen LogP contribution in [-0.2, 0) is 11.2 Å². The lowest BCUT2D eigenvalue weighted by molar-refractivity contribution is -0.121. The third-order valence-corrected chi connectivity index (χ3v) is 4.00. The molecule has 1 amide bonds. The Hall–Kier alpha value is -3.20. The van der Waals surface area contributed by atoms with E-state index in [9.17, 15) is 18.8 Å². The van der Waals surface area contributed by atoms with Crippen LogP contribution in [0.2, 0.25) is 0 Å². The minimum Gasteiger partial charge on any atom is -0.361 e. The van der Waals surface area contributed by atoms with Gasteiger partial charge in [0.05, 0.1) is 6.07 Å². The Kier molecular flexibility index (Phi) is 4.75. The summed E-state index contributed by atoms with van der Waals surface area (Å²) in [5.74, 6) is -1.97. The van der Waals surface area contributed by atoms with Gasteiger partial charge in [-0.2, -0.15) is 5.26 Å². The first-order valence-electron chi connectivity index (χ1n) is 7.77. The zero-order chi connectivity index (χ0) is 17.8. The molecule has 0 saturated heterocycles. The molecule has 0 spiro atoms. The van der Waals surface area contributed by atoms with Gasteiger partial charge in [-0.15, -0.1) is 0 Å². The number of carbonyl (C=O) groups excluding carboxylic acids is 1. The first-order chi connectivity index (χ1) is 12.1. The highest BCUT2D eigenvalue weighted by molar-refractivity contribution is 5.84. The number of fused-ring (bicyclic) bond motifs is 1. The number of para-hydroxylation sites is 1. The van der Waals surface area contributed by atoms with Crippen LogP contribution in [-0.4, -0.2) is 10.9 Å². The van der Waals surface area contributed by atoms with E-state index in [4.69, 9.17) is 0 Å². The molecule has 2 aromatic carbocycles. The molecule has 0 aliphatic heterocycles. The number of H-pyrrole nitrogens is 1. The second-order valence-electron chi connectivity index (χ2n) is 5.65. The van der Waals surface area contributed by atoms with Crippen molar-refractivity contribution in [1.29, 1.82) is 5.26 Å². The van der Waals surface area contributed by atoms with Crippen LogP contribution in [0.15, 0.2) is 48.7 Å². The zero-order valence-corrected chi connectivity index (χ0v) is 13.2. The molecule has 4 nitrogen and oxygen atoms in total. The van der Waals surface area contributed by atoms with Crippen molar-refractivity contribution in [3.05, 3.63) is 71.4 Å². The number of amides is 1. The molecule has 1 atom stereocenters. The number of hydrogen-bond acceptors (Lipinski definition) is 2. The van der Waals surface area contributed by atoms with E-state index < -0.39 is 17.7 Å². The molecule has 3 aromatic rings. The molecule has 0 radical (unpaired) electrons. The summed E-state index contributed by atoms with van der Waals surface area (Å²) in [6.45, 7) is 0. The van der Waals surface area contributed by atoms with Crippen LogP contribution in [0.1, 0.15) is 23.6 Å². The molecule has 0 fully saturated rings. The predicted octanol–water partition coefficient (Wildman–Crippen LogP) is 3.76. The molecule has 0 saturated carbocycles. The summed E-state index contributed by atoms with van der Waals surface area (Å²) in [7, 11) is 0. The number of aromatic nitrogens is 1. The Bertz CT molecular complexity index is 959. The van der Waals surface area contributed by atoms with Gasteiger partial charge in [0, 0.05) is 35.2 Å². The van der Waals surface area contributed by atoms with Gasteiger partial charge in [-0.3, -0.25) is 4.79 Å². The van der Waals surface area contributed by atoms with Gasteiger partial charge in [-0.05, 0) is 24.1 Å². The lowest BCUT2D eigenvalue weighted by atomic mass is 10.1. The zero-order valence-electron chi connectivity index (χ0n) is 13.2. The lowest BCUT2D eigenvalue weighted by Crippen LogP contribution is -2.28. The Labute approximate surface area is 143 Å². The molecule has 25 heavy (non-hydrogen) atoms. The first kappa shape index (κ1) is 16.7. The first-order valence-corrected chi connectivity index (χ1v) is 7.77. The molecule has 6 heteroatoms. The number of carbonyl (C=O) groups is 1. The van der Waals surface area contributed by atoms with Crippen molar-refractivity contribution in [2.24, 2.45) is 0 Å². The molecule has 2 N–H and O–H groups in total. The number of hydrogen-bond donors (Lipinski definition) is 2. The minimum absolute atomic E-state index is 0.0515. The van der Waals surface area contributed by atoms with Crippen molar-refractivity contribution in [2.45, 2.75) is 18.9 Å². The van der Waals surface area contributed by atoms with Crippen molar-refractivity contribution in [2.75, 3.05) is 0 Å². The van der Waals surface area contributed by atoms with Gasteiger partial charge in [0.2, 0.25) is 5.91 Å². The number of benzene rings is 2. The molecular weight excluding hydrogens is 324 g/mol. The van der Waals surface area contributed by atoms with Crippen LogP contribution in [0, 0.1) is 23.0 Å². The van der Waals surface area contributed by atoms with E-state index in [1.54, 1.807) is 0 Å². The summed E-state index contributed by atoms with van der Waals surface area (Å²) >= 11 is 0. The average Bonchev–Trinajstić information content (AvgIpc) is 3.01. The van der Waals surface area contributed by atoms with E-state index in [1.807, 2.05) is 36.5 Å². The molecule has 3 rings (SSSR count). The van der Waals surface area contributed by atoms with E-state index in [0.29, 0.717) is 12.5 Å². The second-order valence-corrected chi connectivity index (χ2v) is 5.65.